The largest absolute Gasteiger partial charge is 0.198 e. The van der Waals surface area contributed by atoms with Crippen molar-refractivity contribution in [1.82, 2.24) is 0 Å². The van der Waals surface area contributed by atoms with Crippen LogP contribution < -0.4 is 0 Å². The molecule has 1 aliphatic carbocycles. The Hall–Kier alpha value is -0.510. The third-order valence-electron chi connectivity index (χ3n) is 3.85. The molecule has 0 aromatic rings. The lowest BCUT2D eigenvalue weighted by Gasteiger charge is -2.36. The van der Waals surface area contributed by atoms with Crippen molar-refractivity contribution in [2.45, 2.75) is 65.7 Å². The molecule has 15 heavy (non-hydrogen) atoms. The summed E-state index contributed by atoms with van der Waals surface area (Å²) < 4.78 is 0. The van der Waals surface area contributed by atoms with Crippen molar-refractivity contribution in [3.63, 3.8) is 0 Å². The second-order valence-electron chi connectivity index (χ2n) is 5.69. The predicted molar refractivity (Wildman–Crippen MR) is 64.4 cm³/mol. The fourth-order valence-electron chi connectivity index (χ4n) is 3.25. The van der Waals surface area contributed by atoms with Crippen LogP contribution in [0.1, 0.15) is 65.7 Å². The zero-order chi connectivity index (χ0) is 11.3. The first kappa shape index (κ1) is 12.6. The minimum Gasteiger partial charge on any atom is -0.198 e. The van der Waals surface area contributed by atoms with Crippen LogP contribution in [0.3, 0.4) is 0 Å². The van der Waals surface area contributed by atoms with Gasteiger partial charge in [0.15, 0.2) is 0 Å². The Morgan fingerprint density at radius 2 is 2.27 bits per heavy atom. The average molecular weight is 207 g/mol. The summed E-state index contributed by atoms with van der Waals surface area (Å²) in [6.45, 7) is 6.84. The van der Waals surface area contributed by atoms with Gasteiger partial charge >= 0.3 is 0 Å². The molecule has 86 valence electrons. The molecule has 3 atom stereocenters. The average Bonchev–Trinajstić information content (AvgIpc) is 2.18. The maximum Gasteiger partial charge on any atom is 0.0689 e. The van der Waals surface area contributed by atoms with Crippen LogP contribution in [0, 0.1) is 28.6 Å². The standard InChI is InChI=1S/C14H25N/c1-4-6-12(2)9-14(11-15)8-5-7-13(3)10-14/h12-13H,4-10H2,1-3H3. The van der Waals surface area contributed by atoms with E-state index in [1.165, 1.54) is 25.7 Å². The van der Waals surface area contributed by atoms with E-state index in [1.54, 1.807) is 0 Å². The molecule has 1 heteroatoms. The van der Waals surface area contributed by atoms with Gasteiger partial charge in [-0.05, 0) is 31.1 Å². The van der Waals surface area contributed by atoms with Crippen LogP contribution in [0.4, 0.5) is 0 Å². The van der Waals surface area contributed by atoms with Crippen LogP contribution >= 0.6 is 0 Å². The van der Waals surface area contributed by atoms with Gasteiger partial charge in [0.05, 0.1) is 11.5 Å². The molecule has 1 nitrogen and oxygen atoms in total. The highest BCUT2D eigenvalue weighted by Crippen LogP contribution is 2.43. The minimum absolute atomic E-state index is 0.0201. The first-order valence-corrected chi connectivity index (χ1v) is 6.53. The Morgan fingerprint density at radius 3 is 2.80 bits per heavy atom. The highest BCUT2D eigenvalue weighted by atomic mass is 14.4. The van der Waals surface area contributed by atoms with Crippen LogP contribution in [-0.2, 0) is 0 Å². The van der Waals surface area contributed by atoms with Crippen molar-refractivity contribution in [3.8, 4) is 6.07 Å². The molecule has 0 radical (unpaired) electrons. The third kappa shape index (κ3) is 3.52. The number of hydrogen-bond donors (Lipinski definition) is 0. The van der Waals surface area contributed by atoms with Gasteiger partial charge in [-0.15, -0.1) is 0 Å². The van der Waals surface area contributed by atoms with Gasteiger partial charge in [-0.3, -0.25) is 0 Å². The van der Waals surface area contributed by atoms with E-state index in [2.05, 4.69) is 26.8 Å². The van der Waals surface area contributed by atoms with Gasteiger partial charge in [0.25, 0.3) is 0 Å². The van der Waals surface area contributed by atoms with E-state index in [-0.39, 0.29) is 5.41 Å². The lowest BCUT2D eigenvalue weighted by molar-refractivity contribution is 0.170. The number of hydrogen-bond acceptors (Lipinski definition) is 1. The first-order valence-electron chi connectivity index (χ1n) is 6.53. The summed E-state index contributed by atoms with van der Waals surface area (Å²) in [5, 5.41) is 9.43. The van der Waals surface area contributed by atoms with Crippen molar-refractivity contribution in [2.24, 2.45) is 17.3 Å². The monoisotopic (exact) mass is 207 g/mol. The van der Waals surface area contributed by atoms with Crippen molar-refractivity contribution in [2.75, 3.05) is 0 Å². The Labute approximate surface area is 94.9 Å². The third-order valence-corrected chi connectivity index (χ3v) is 3.85. The zero-order valence-electron chi connectivity index (χ0n) is 10.6. The molecule has 0 saturated heterocycles. The molecule has 1 saturated carbocycles. The Kier molecular flexibility index (Phi) is 4.64. The van der Waals surface area contributed by atoms with Crippen LogP contribution in [0.15, 0.2) is 0 Å². The second-order valence-corrected chi connectivity index (χ2v) is 5.69. The van der Waals surface area contributed by atoms with Crippen molar-refractivity contribution in [3.05, 3.63) is 0 Å². The van der Waals surface area contributed by atoms with Crippen molar-refractivity contribution in [1.29, 1.82) is 5.26 Å². The molecular formula is C14H25N. The SMILES string of the molecule is CCCC(C)CC1(C#N)CCCC(C)C1. The number of rotatable bonds is 4. The summed E-state index contributed by atoms with van der Waals surface area (Å²) in [4.78, 5) is 0. The van der Waals surface area contributed by atoms with Crippen molar-refractivity contribution < 1.29 is 0 Å². The Balaban J connectivity index is 2.56. The molecule has 0 aliphatic heterocycles. The van der Waals surface area contributed by atoms with Gasteiger partial charge in [-0.25, -0.2) is 0 Å². The molecule has 3 unspecified atom stereocenters. The molecule has 0 spiro atoms. The molecule has 0 amide bonds. The van der Waals surface area contributed by atoms with E-state index in [0.29, 0.717) is 0 Å². The van der Waals surface area contributed by atoms with Crippen molar-refractivity contribution >= 4 is 0 Å². The van der Waals surface area contributed by atoms with E-state index >= 15 is 0 Å². The zero-order valence-corrected chi connectivity index (χ0v) is 10.6. The maximum atomic E-state index is 9.43. The fourth-order valence-corrected chi connectivity index (χ4v) is 3.25. The topological polar surface area (TPSA) is 23.8 Å². The van der Waals surface area contributed by atoms with Gasteiger partial charge in [-0.2, -0.15) is 5.26 Å². The van der Waals surface area contributed by atoms with Crippen LogP contribution in [-0.4, -0.2) is 0 Å². The van der Waals surface area contributed by atoms with Gasteiger partial charge in [0, 0.05) is 0 Å². The predicted octanol–water partition coefficient (Wildman–Crippen LogP) is 4.53. The lowest BCUT2D eigenvalue weighted by Crippen LogP contribution is -2.28. The minimum atomic E-state index is 0.0201. The summed E-state index contributed by atoms with van der Waals surface area (Å²) in [5.74, 6) is 1.48. The first-order chi connectivity index (χ1) is 7.12. The van der Waals surface area contributed by atoms with E-state index in [9.17, 15) is 5.26 Å². The van der Waals surface area contributed by atoms with Gasteiger partial charge in [0.1, 0.15) is 0 Å². The van der Waals surface area contributed by atoms with E-state index in [0.717, 1.165) is 31.1 Å². The lowest BCUT2D eigenvalue weighted by atomic mass is 9.67. The molecule has 0 aromatic heterocycles. The summed E-state index contributed by atoms with van der Waals surface area (Å²) in [5.41, 5.74) is 0.0201. The Bertz CT molecular complexity index is 228. The van der Waals surface area contributed by atoms with Gasteiger partial charge in [-0.1, -0.05) is 46.5 Å². The molecule has 0 N–H and O–H groups in total. The highest BCUT2D eigenvalue weighted by Gasteiger charge is 2.35. The maximum absolute atomic E-state index is 9.43. The van der Waals surface area contributed by atoms with Crippen LogP contribution in [0.2, 0.25) is 0 Å². The van der Waals surface area contributed by atoms with E-state index < -0.39 is 0 Å². The second kappa shape index (κ2) is 5.54. The molecular weight excluding hydrogens is 182 g/mol. The summed E-state index contributed by atoms with van der Waals surface area (Å²) in [6, 6.07) is 2.64. The highest BCUT2D eigenvalue weighted by molar-refractivity contribution is 5.02. The van der Waals surface area contributed by atoms with E-state index in [4.69, 9.17) is 0 Å². The summed E-state index contributed by atoms with van der Waals surface area (Å²) >= 11 is 0. The van der Waals surface area contributed by atoms with Gasteiger partial charge in [0.2, 0.25) is 0 Å². The quantitative estimate of drug-likeness (QED) is 0.664. The summed E-state index contributed by atoms with van der Waals surface area (Å²) in [6.07, 6.45) is 8.51. The van der Waals surface area contributed by atoms with E-state index in [1.807, 2.05) is 0 Å². The molecule has 1 rings (SSSR count). The van der Waals surface area contributed by atoms with Crippen LogP contribution in [0.5, 0.6) is 0 Å². The normalized spacial score (nSPS) is 33.3. The number of nitrogens with zero attached hydrogens (tertiary/aromatic N) is 1. The number of nitriles is 1. The van der Waals surface area contributed by atoms with Gasteiger partial charge < -0.3 is 0 Å². The Morgan fingerprint density at radius 1 is 1.53 bits per heavy atom. The molecule has 1 aliphatic rings. The van der Waals surface area contributed by atoms with Crippen LogP contribution in [0.25, 0.3) is 0 Å². The smallest absolute Gasteiger partial charge is 0.0689 e. The fraction of sp³-hybridized carbons (Fsp3) is 0.929. The molecule has 0 aromatic carbocycles. The molecule has 1 fully saturated rings. The molecule has 0 bridgehead atoms. The summed E-state index contributed by atoms with van der Waals surface area (Å²) in [7, 11) is 0. The molecule has 0 heterocycles.